The molecule has 0 unspecified atom stereocenters. The Hall–Kier alpha value is -3.55. The molecule has 0 aliphatic rings. The average Bonchev–Trinajstić information content (AvgIpc) is 3.21. The number of aryl methyl sites for hydroxylation is 2. The average molecular weight is 440 g/mol. The third-order valence-corrected chi connectivity index (χ3v) is 4.68. The van der Waals surface area contributed by atoms with Gasteiger partial charge in [-0.3, -0.25) is 10.1 Å². The van der Waals surface area contributed by atoms with Crippen molar-refractivity contribution in [3.63, 3.8) is 0 Å². The zero-order chi connectivity index (χ0) is 23.1. The summed E-state index contributed by atoms with van der Waals surface area (Å²) >= 11 is 0. The van der Waals surface area contributed by atoms with Gasteiger partial charge in [0.1, 0.15) is 0 Å². The summed E-state index contributed by atoms with van der Waals surface area (Å²) in [4.78, 5) is 12.5. The molecule has 170 valence electrons. The Morgan fingerprint density at radius 1 is 0.938 bits per heavy atom. The zero-order valence-corrected chi connectivity index (χ0v) is 19.2. The smallest absolute Gasteiger partial charge is 0.322 e. The molecule has 0 saturated carbocycles. The summed E-state index contributed by atoms with van der Waals surface area (Å²) in [5.41, 5.74) is 3.71. The summed E-state index contributed by atoms with van der Waals surface area (Å²) in [6, 6.07) is 9.56. The van der Waals surface area contributed by atoms with Crippen molar-refractivity contribution in [1.29, 1.82) is 0 Å². The fraction of sp³-hybridized carbons (Fsp3) is 0.375. The second-order valence-corrected chi connectivity index (χ2v) is 7.17. The van der Waals surface area contributed by atoms with Gasteiger partial charge in [0, 0.05) is 5.56 Å². The zero-order valence-electron chi connectivity index (χ0n) is 19.2. The van der Waals surface area contributed by atoms with Gasteiger partial charge in [-0.15, -0.1) is 5.10 Å². The highest BCUT2D eigenvalue weighted by Gasteiger charge is 2.19. The van der Waals surface area contributed by atoms with Crippen molar-refractivity contribution in [3.05, 3.63) is 47.0 Å². The number of hydrogen-bond acceptors (Lipinski definition) is 7. The van der Waals surface area contributed by atoms with E-state index >= 15 is 0 Å². The van der Waals surface area contributed by atoms with Gasteiger partial charge in [-0.05, 0) is 57.9 Å². The summed E-state index contributed by atoms with van der Waals surface area (Å²) in [6.07, 6.45) is 0.220. The Bertz CT molecular complexity index is 1050. The first-order chi connectivity index (χ1) is 15.4. The van der Waals surface area contributed by atoms with E-state index in [-0.39, 0.29) is 24.2 Å². The van der Waals surface area contributed by atoms with Gasteiger partial charge in [0.05, 0.1) is 26.2 Å². The molecule has 0 radical (unpaired) electrons. The molecule has 0 spiro atoms. The SMILES string of the molecule is CCOc1cc(-c2nnc(NC(=O)Cc3cc(C)ccc3C)o2)cc(OCC)c1OCC. The van der Waals surface area contributed by atoms with Crippen LogP contribution in [0, 0.1) is 13.8 Å². The van der Waals surface area contributed by atoms with Crippen LogP contribution in [0.1, 0.15) is 37.5 Å². The van der Waals surface area contributed by atoms with Gasteiger partial charge in [0.25, 0.3) is 0 Å². The van der Waals surface area contributed by atoms with E-state index in [1.165, 1.54) is 0 Å². The molecule has 8 heteroatoms. The number of carbonyl (C=O) groups excluding carboxylic acids is 1. The molecule has 0 aliphatic heterocycles. The van der Waals surface area contributed by atoms with Crippen molar-refractivity contribution in [3.8, 4) is 28.7 Å². The highest BCUT2D eigenvalue weighted by atomic mass is 16.5. The third kappa shape index (κ3) is 5.57. The van der Waals surface area contributed by atoms with E-state index < -0.39 is 0 Å². The first kappa shape index (κ1) is 23.1. The van der Waals surface area contributed by atoms with E-state index in [1.807, 2.05) is 52.8 Å². The normalized spacial score (nSPS) is 10.7. The molecule has 0 saturated heterocycles. The monoisotopic (exact) mass is 439 g/mol. The third-order valence-electron chi connectivity index (χ3n) is 4.68. The Kier molecular flexibility index (Phi) is 7.70. The predicted molar refractivity (Wildman–Crippen MR) is 121 cm³/mol. The molecular weight excluding hydrogens is 410 g/mol. The number of amides is 1. The maximum absolute atomic E-state index is 12.5. The minimum atomic E-state index is -0.231. The minimum absolute atomic E-state index is 0.0279. The molecule has 0 aliphatic carbocycles. The first-order valence-corrected chi connectivity index (χ1v) is 10.7. The summed E-state index contributed by atoms with van der Waals surface area (Å²) in [5.74, 6) is 1.58. The molecule has 8 nitrogen and oxygen atoms in total. The summed E-state index contributed by atoms with van der Waals surface area (Å²) in [5, 5.41) is 10.7. The van der Waals surface area contributed by atoms with Crippen molar-refractivity contribution in [2.45, 2.75) is 41.0 Å². The largest absolute Gasteiger partial charge is 0.490 e. The highest BCUT2D eigenvalue weighted by Crippen LogP contribution is 2.41. The number of rotatable bonds is 10. The lowest BCUT2D eigenvalue weighted by atomic mass is 10.0. The van der Waals surface area contributed by atoms with Crippen LogP contribution in [0.15, 0.2) is 34.7 Å². The van der Waals surface area contributed by atoms with E-state index in [2.05, 4.69) is 15.5 Å². The number of anilines is 1. The molecule has 1 aromatic heterocycles. The number of nitrogens with zero attached hydrogens (tertiary/aromatic N) is 2. The quantitative estimate of drug-likeness (QED) is 0.488. The Morgan fingerprint density at radius 3 is 2.22 bits per heavy atom. The van der Waals surface area contributed by atoms with Crippen molar-refractivity contribution < 1.29 is 23.4 Å². The van der Waals surface area contributed by atoms with Crippen LogP contribution in [0.3, 0.4) is 0 Å². The van der Waals surface area contributed by atoms with E-state index in [0.717, 1.165) is 16.7 Å². The van der Waals surface area contributed by atoms with E-state index in [0.29, 0.717) is 42.6 Å². The molecule has 1 amide bonds. The Morgan fingerprint density at radius 2 is 1.59 bits per heavy atom. The molecule has 0 bridgehead atoms. The van der Waals surface area contributed by atoms with Crippen molar-refractivity contribution in [2.24, 2.45) is 0 Å². The number of nitrogens with one attached hydrogen (secondary N) is 1. The van der Waals surface area contributed by atoms with E-state index in [9.17, 15) is 4.79 Å². The molecule has 0 fully saturated rings. The Labute approximate surface area is 187 Å². The number of aromatic nitrogens is 2. The van der Waals surface area contributed by atoms with Crippen LogP contribution in [0.4, 0.5) is 6.01 Å². The second kappa shape index (κ2) is 10.7. The first-order valence-electron chi connectivity index (χ1n) is 10.7. The maximum Gasteiger partial charge on any atom is 0.322 e. The van der Waals surface area contributed by atoms with Crippen LogP contribution < -0.4 is 19.5 Å². The lowest BCUT2D eigenvalue weighted by Gasteiger charge is -2.16. The van der Waals surface area contributed by atoms with Crippen molar-refractivity contribution in [1.82, 2.24) is 10.2 Å². The number of hydrogen-bond donors (Lipinski definition) is 1. The molecule has 1 heterocycles. The van der Waals surface area contributed by atoms with Crippen LogP contribution >= 0.6 is 0 Å². The van der Waals surface area contributed by atoms with Gasteiger partial charge >= 0.3 is 6.01 Å². The molecule has 0 atom stereocenters. The van der Waals surface area contributed by atoms with Gasteiger partial charge < -0.3 is 18.6 Å². The Balaban J connectivity index is 1.82. The van der Waals surface area contributed by atoms with Crippen molar-refractivity contribution >= 4 is 11.9 Å². The predicted octanol–water partition coefficient (Wildman–Crippen LogP) is 4.73. The van der Waals surface area contributed by atoms with Crippen LogP contribution in [-0.4, -0.2) is 35.9 Å². The summed E-state index contributed by atoms with van der Waals surface area (Å²) in [7, 11) is 0. The highest BCUT2D eigenvalue weighted by molar-refractivity contribution is 5.90. The molecule has 32 heavy (non-hydrogen) atoms. The van der Waals surface area contributed by atoms with Crippen LogP contribution in [0.25, 0.3) is 11.5 Å². The fourth-order valence-electron chi connectivity index (χ4n) is 3.23. The maximum atomic E-state index is 12.5. The molecular formula is C24H29N3O5. The molecule has 3 rings (SSSR count). The standard InChI is InChI=1S/C24H29N3O5/c1-6-29-19-12-18(13-20(30-7-2)22(19)31-8-3)23-26-27-24(32-23)25-21(28)14-17-11-15(4)9-10-16(17)5/h9-13H,6-8,14H2,1-5H3,(H,25,27,28). The molecule has 1 N–H and O–H groups in total. The number of carbonyl (C=O) groups is 1. The summed E-state index contributed by atoms with van der Waals surface area (Å²) < 4.78 is 22.9. The van der Waals surface area contributed by atoms with Gasteiger partial charge in [0.2, 0.25) is 17.5 Å². The molecule has 2 aromatic carbocycles. The van der Waals surface area contributed by atoms with Crippen molar-refractivity contribution in [2.75, 3.05) is 25.1 Å². The topological polar surface area (TPSA) is 95.7 Å². The van der Waals surface area contributed by atoms with Crippen LogP contribution in [-0.2, 0) is 11.2 Å². The van der Waals surface area contributed by atoms with Crippen LogP contribution in [0.5, 0.6) is 17.2 Å². The number of ether oxygens (including phenoxy) is 3. The second-order valence-electron chi connectivity index (χ2n) is 7.17. The van der Waals surface area contributed by atoms with Gasteiger partial charge in [-0.1, -0.05) is 28.9 Å². The van der Waals surface area contributed by atoms with Crippen LogP contribution in [0.2, 0.25) is 0 Å². The van der Waals surface area contributed by atoms with Gasteiger partial charge in [0.15, 0.2) is 11.5 Å². The minimum Gasteiger partial charge on any atom is -0.490 e. The van der Waals surface area contributed by atoms with Gasteiger partial charge in [-0.25, -0.2) is 0 Å². The lowest BCUT2D eigenvalue weighted by molar-refractivity contribution is -0.115. The molecule has 3 aromatic rings. The van der Waals surface area contributed by atoms with E-state index in [1.54, 1.807) is 12.1 Å². The number of benzene rings is 2. The lowest BCUT2D eigenvalue weighted by Crippen LogP contribution is -2.15. The summed E-state index contributed by atoms with van der Waals surface area (Å²) in [6.45, 7) is 11.0. The van der Waals surface area contributed by atoms with Gasteiger partial charge in [-0.2, -0.15) is 0 Å². The fourth-order valence-corrected chi connectivity index (χ4v) is 3.23. The van der Waals surface area contributed by atoms with E-state index in [4.69, 9.17) is 18.6 Å².